The van der Waals surface area contributed by atoms with Crippen LogP contribution in [0.15, 0.2) is 22.7 Å². The number of aromatic nitrogens is 1. The highest BCUT2D eigenvalue weighted by atomic mass is 79.9. The summed E-state index contributed by atoms with van der Waals surface area (Å²) in [7, 11) is 1.72. The van der Waals surface area contributed by atoms with E-state index in [0.717, 1.165) is 24.4 Å². The maximum Gasteiger partial charge on any atom is 0.142 e. The second kappa shape index (κ2) is 4.94. The van der Waals surface area contributed by atoms with Gasteiger partial charge in [-0.15, -0.1) is 0 Å². The van der Waals surface area contributed by atoms with Gasteiger partial charge in [-0.3, -0.25) is 0 Å². The lowest BCUT2D eigenvalue weighted by Crippen LogP contribution is -2.26. The highest BCUT2D eigenvalue weighted by Crippen LogP contribution is 2.38. The molecule has 1 fully saturated rings. The smallest absolute Gasteiger partial charge is 0.142 e. The lowest BCUT2D eigenvalue weighted by atomic mass is 9.95. The summed E-state index contributed by atoms with van der Waals surface area (Å²) in [5, 5.41) is 4.62. The van der Waals surface area contributed by atoms with E-state index >= 15 is 0 Å². The first kappa shape index (κ1) is 12.1. The summed E-state index contributed by atoms with van der Waals surface area (Å²) >= 11 is 3.74. The van der Waals surface area contributed by atoms with Gasteiger partial charge in [-0.1, -0.05) is 12.1 Å². The average molecular weight is 309 g/mol. The van der Waals surface area contributed by atoms with Gasteiger partial charge in [0.1, 0.15) is 5.75 Å². The Kier molecular flexibility index (Phi) is 3.31. The standard InChI is InChI=1S/C14H17BrN2O/c1-18-11-4-2-3-10-12(15)13(17-14(10)11)9-5-7-16-8-6-9/h2-4,9,16-17H,5-8H2,1H3. The first-order valence-electron chi connectivity index (χ1n) is 6.36. The molecule has 0 bridgehead atoms. The minimum Gasteiger partial charge on any atom is -0.495 e. The Morgan fingerprint density at radius 3 is 2.78 bits per heavy atom. The zero-order chi connectivity index (χ0) is 12.5. The van der Waals surface area contributed by atoms with Crippen LogP contribution in [-0.2, 0) is 0 Å². The monoisotopic (exact) mass is 308 g/mol. The summed E-state index contributed by atoms with van der Waals surface area (Å²) in [5.41, 5.74) is 2.41. The largest absolute Gasteiger partial charge is 0.495 e. The number of methoxy groups -OCH3 is 1. The molecule has 0 spiro atoms. The number of para-hydroxylation sites is 1. The van der Waals surface area contributed by atoms with Gasteiger partial charge in [0, 0.05) is 21.5 Å². The summed E-state index contributed by atoms with van der Waals surface area (Å²) in [6.07, 6.45) is 2.38. The molecule has 1 aromatic heterocycles. The molecule has 3 rings (SSSR count). The van der Waals surface area contributed by atoms with Crippen LogP contribution in [0.25, 0.3) is 10.9 Å². The third-order valence-corrected chi connectivity index (χ3v) is 4.58. The number of halogens is 1. The number of hydrogen-bond donors (Lipinski definition) is 2. The third kappa shape index (κ3) is 1.93. The molecule has 1 aliphatic rings. The molecule has 3 nitrogen and oxygen atoms in total. The molecular weight excluding hydrogens is 292 g/mol. The zero-order valence-corrected chi connectivity index (χ0v) is 12.0. The second-order valence-corrected chi connectivity index (χ2v) is 5.55. The van der Waals surface area contributed by atoms with Crippen molar-refractivity contribution in [1.29, 1.82) is 0 Å². The van der Waals surface area contributed by atoms with Crippen molar-refractivity contribution in [3.05, 3.63) is 28.4 Å². The first-order valence-corrected chi connectivity index (χ1v) is 7.15. The predicted molar refractivity (Wildman–Crippen MR) is 77.4 cm³/mol. The van der Waals surface area contributed by atoms with Crippen molar-refractivity contribution in [3.63, 3.8) is 0 Å². The second-order valence-electron chi connectivity index (χ2n) is 4.76. The van der Waals surface area contributed by atoms with E-state index < -0.39 is 0 Å². The molecule has 0 saturated carbocycles. The Bertz CT molecular complexity index is 558. The normalized spacial score (nSPS) is 17.2. The minimum absolute atomic E-state index is 0.609. The van der Waals surface area contributed by atoms with Crippen LogP contribution < -0.4 is 10.1 Å². The van der Waals surface area contributed by atoms with Crippen molar-refractivity contribution in [2.75, 3.05) is 20.2 Å². The van der Waals surface area contributed by atoms with Gasteiger partial charge in [-0.25, -0.2) is 0 Å². The lowest BCUT2D eigenvalue weighted by Gasteiger charge is -2.22. The molecular formula is C14H17BrN2O. The Hall–Kier alpha value is -1.00. The molecule has 96 valence electrons. The summed E-state index contributed by atoms with van der Waals surface area (Å²) in [4.78, 5) is 3.55. The molecule has 2 heterocycles. The molecule has 1 aliphatic heterocycles. The third-order valence-electron chi connectivity index (χ3n) is 3.73. The van der Waals surface area contributed by atoms with Crippen molar-refractivity contribution in [2.24, 2.45) is 0 Å². The Morgan fingerprint density at radius 2 is 2.06 bits per heavy atom. The summed E-state index contributed by atoms with van der Waals surface area (Å²) < 4.78 is 6.62. The molecule has 1 saturated heterocycles. The van der Waals surface area contributed by atoms with E-state index in [9.17, 15) is 0 Å². The van der Waals surface area contributed by atoms with E-state index in [1.807, 2.05) is 12.1 Å². The van der Waals surface area contributed by atoms with Gasteiger partial charge in [0.25, 0.3) is 0 Å². The van der Waals surface area contributed by atoms with Gasteiger partial charge >= 0.3 is 0 Å². The number of H-pyrrole nitrogens is 1. The van der Waals surface area contributed by atoms with E-state index in [0.29, 0.717) is 5.92 Å². The molecule has 0 amide bonds. The lowest BCUT2D eigenvalue weighted by molar-refractivity contribution is 0.418. The van der Waals surface area contributed by atoms with Crippen LogP contribution in [0.1, 0.15) is 24.5 Å². The number of aromatic amines is 1. The molecule has 1 aromatic carbocycles. The van der Waals surface area contributed by atoms with Crippen molar-refractivity contribution in [1.82, 2.24) is 10.3 Å². The number of benzene rings is 1. The van der Waals surface area contributed by atoms with Crippen molar-refractivity contribution in [3.8, 4) is 5.75 Å². The highest BCUT2D eigenvalue weighted by molar-refractivity contribution is 9.10. The van der Waals surface area contributed by atoms with Crippen molar-refractivity contribution in [2.45, 2.75) is 18.8 Å². The topological polar surface area (TPSA) is 37.0 Å². The number of hydrogen-bond acceptors (Lipinski definition) is 2. The maximum absolute atomic E-state index is 5.42. The number of rotatable bonds is 2. The summed E-state index contributed by atoms with van der Waals surface area (Å²) in [6, 6.07) is 6.16. The maximum atomic E-state index is 5.42. The van der Waals surface area contributed by atoms with Gasteiger partial charge in [0.15, 0.2) is 0 Å². The van der Waals surface area contributed by atoms with Crippen LogP contribution in [0.2, 0.25) is 0 Å². The molecule has 2 aromatic rings. The van der Waals surface area contributed by atoms with Gasteiger partial charge in [0.2, 0.25) is 0 Å². The van der Waals surface area contributed by atoms with E-state index in [-0.39, 0.29) is 0 Å². The zero-order valence-electron chi connectivity index (χ0n) is 10.4. The van der Waals surface area contributed by atoms with Gasteiger partial charge in [-0.2, -0.15) is 0 Å². The average Bonchev–Trinajstić information content (AvgIpc) is 2.77. The Morgan fingerprint density at radius 1 is 1.28 bits per heavy atom. The fraction of sp³-hybridized carbons (Fsp3) is 0.429. The number of fused-ring (bicyclic) bond motifs is 1. The number of nitrogens with one attached hydrogen (secondary N) is 2. The van der Waals surface area contributed by atoms with Crippen LogP contribution >= 0.6 is 15.9 Å². The molecule has 0 unspecified atom stereocenters. The van der Waals surface area contributed by atoms with E-state index in [4.69, 9.17) is 4.74 Å². The molecule has 0 radical (unpaired) electrons. The fourth-order valence-corrected chi connectivity index (χ4v) is 3.49. The van der Waals surface area contributed by atoms with E-state index in [1.54, 1.807) is 7.11 Å². The van der Waals surface area contributed by atoms with Gasteiger partial charge in [-0.05, 0) is 47.9 Å². The summed E-state index contributed by atoms with van der Waals surface area (Å²) in [6.45, 7) is 2.20. The molecule has 4 heteroatoms. The Labute approximate surface area is 115 Å². The van der Waals surface area contributed by atoms with Crippen molar-refractivity contribution >= 4 is 26.8 Å². The van der Waals surface area contributed by atoms with E-state index in [1.165, 1.54) is 28.4 Å². The quantitative estimate of drug-likeness (QED) is 0.892. The molecule has 0 aliphatic carbocycles. The molecule has 0 atom stereocenters. The SMILES string of the molecule is COc1cccc2c(Br)c(C3CCNCC3)[nH]c12. The molecule has 2 N–H and O–H groups in total. The first-order chi connectivity index (χ1) is 8.81. The number of piperidine rings is 1. The van der Waals surface area contributed by atoms with Crippen LogP contribution in [0, 0.1) is 0 Å². The van der Waals surface area contributed by atoms with Gasteiger partial charge < -0.3 is 15.0 Å². The van der Waals surface area contributed by atoms with Crippen LogP contribution in [0.3, 0.4) is 0 Å². The van der Waals surface area contributed by atoms with Crippen LogP contribution in [0.5, 0.6) is 5.75 Å². The minimum atomic E-state index is 0.609. The number of ether oxygens (including phenoxy) is 1. The van der Waals surface area contributed by atoms with E-state index in [2.05, 4.69) is 32.3 Å². The van der Waals surface area contributed by atoms with Gasteiger partial charge in [0.05, 0.1) is 12.6 Å². The Balaban J connectivity index is 2.09. The fourth-order valence-electron chi connectivity index (χ4n) is 2.74. The van der Waals surface area contributed by atoms with Crippen molar-refractivity contribution < 1.29 is 4.74 Å². The van der Waals surface area contributed by atoms with Crippen LogP contribution in [-0.4, -0.2) is 25.2 Å². The summed E-state index contributed by atoms with van der Waals surface area (Å²) in [5.74, 6) is 1.52. The predicted octanol–water partition coefficient (Wildman–Crippen LogP) is 3.41. The highest BCUT2D eigenvalue weighted by Gasteiger charge is 2.21. The van der Waals surface area contributed by atoms with Crippen LogP contribution in [0.4, 0.5) is 0 Å². The molecule has 18 heavy (non-hydrogen) atoms.